The van der Waals surface area contributed by atoms with Gasteiger partial charge < -0.3 is 20.1 Å². The summed E-state index contributed by atoms with van der Waals surface area (Å²) in [5.74, 6) is 1.55. The normalized spacial score (nSPS) is 13.8. The van der Waals surface area contributed by atoms with E-state index in [0.717, 1.165) is 42.7 Å². The van der Waals surface area contributed by atoms with Gasteiger partial charge in [-0.2, -0.15) is 0 Å². The highest BCUT2D eigenvalue weighted by molar-refractivity contribution is 5.76. The third-order valence-electron chi connectivity index (χ3n) is 4.17. The van der Waals surface area contributed by atoms with Gasteiger partial charge in [-0.25, -0.2) is 0 Å². The number of amides is 2. The first-order valence-electron chi connectivity index (χ1n) is 9.03. The minimum Gasteiger partial charge on any atom is -0.486 e. The van der Waals surface area contributed by atoms with Gasteiger partial charge in [0.2, 0.25) is 11.8 Å². The van der Waals surface area contributed by atoms with Crippen molar-refractivity contribution in [1.82, 2.24) is 10.6 Å². The van der Waals surface area contributed by atoms with E-state index < -0.39 is 0 Å². The second kappa shape index (κ2) is 9.91. The van der Waals surface area contributed by atoms with Crippen LogP contribution in [0.5, 0.6) is 11.5 Å². The predicted molar refractivity (Wildman–Crippen MR) is 95.8 cm³/mol. The third kappa shape index (κ3) is 6.29. The Balaban J connectivity index is 1.77. The molecule has 2 amide bonds. The molecule has 0 fully saturated rings. The molecular formula is C19H28N2O4. The number of benzene rings is 1. The summed E-state index contributed by atoms with van der Waals surface area (Å²) < 4.78 is 11.1. The van der Waals surface area contributed by atoms with Gasteiger partial charge in [0.15, 0.2) is 11.5 Å². The molecule has 2 rings (SSSR count). The molecule has 1 atom stereocenters. The number of ether oxygens (including phenoxy) is 2. The molecule has 0 radical (unpaired) electrons. The lowest BCUT2D eigenvalue weighted by Crippen LogP contribution is -2.28. The molecule has 1 aliphatic rings. The fourth-order valence-electron chi connectivity index (χ4n) is 2.82. The number of unbranched alkanes of at least 4 members (excludes halogenated alkanes) is 2. The van der Waals surface area contributed by atoms with Crippen molar-refractivity contribution >= 4 is 11.8 Å². The van der Waals surface area contributed by atoms with Crippen molar-refractivity contribution in [1.29, 1.82) is 0 Å². The van der Waals surface area contributed by atoms with Crippen molar-refractivity contribution in [3.8, 4) is 11.5 Å². The zero-order valence-corrected chi connectivity index (χ0v) is 15.1. The van der Waals surface area contributed by atoms with Crippen molar-refractivity contribution in [2.24, 2.45) is 0 Å². The van der Waals surface area contributed by atoms with E-state index in [4.69, 9.17) is 9.47 Å². The summed E-state index contributed by atoms with van der Waals surface area (Å²) in [4.78, 5) is 22.9. The number of carbonyl (C=O) groups is 2. The Morgan fingerprint density at radius 2 is 1.88 bits per heavy atom. The smallest absolute Gasteiger partial charge is 0.220 e. The molecule has 1 aliphatic heterocycles. The van der Waals surface area contributed by atoms with Crippen LogP contribution in [-0.2, 0) is 9.59 Å². The van der Waals surface area contributed by atoms with E-state index in [2.05, 4.69) is 17.6 Å². The third-order valence-corrected chi connectivity index (χ3v) is 4.17. The highest BCUT2D eigenvalue weighted by atomic mass is 16.6. The van der Waals surface area contributed by atoms with E-state index in [1.807, 2.05) is 18.2 Å². The zero-order valence-electron chi connectivity index (χ0n) is 15.1. The number of hydrogen-bond acceptors (Lipinski definition) is 4. The molecule has 0 saturated heterocycles. The number of rotatable bonds is 9. The Kier molecular flexibility index (Phi) is 7.57. The van der Waals surface area contributed by atoms with Crippen molar-refractivity contribution in [3.63, 3.8) is 0 Å². The van der Waals surface area contributed by atoms with Gasteiger partial charge in [-0.3, -0.25) is 9.59 Å². The molecule has 6 nitrogen and oxygen atoms in total. The molecule has 25 heavy (non-hydrogen) atoms. The number of nitrogens with one attached hydrogen (secondary N) is 2. The van der Waals surface area contributed by atoms with Crippen LogP contribution in [0.15, 0.2) is 18.2 Å². The second-order valence-corrected chi connectivity index (χ2v) is 6.23. The lowest BCUT2D eigenvalue weighted by molar-refractivity contribution is -0.122. The number of carbonyl (C=O) groups excluding carboxylic acids is 2. The van der Waals surface area contributed by atoms with Crippen LogP contribution in [-0.4, -0.2) is 31.6 Å². The van der Waals surface area contributed by atoms with Crippen molar-refractivity contribution < 1.29 is 19.1 Å². The summed E-state index contributed by atoms with van der Waals surface area (Å²) in [5, 5.41) is 5.85. The van der Waals surface area contributed by atoms with Crippen LogP contribution in [0.25, 0.3) is 0 Å². The van der Waals surface area contributed by atoms with Crippen LogP contribution >= 0.6 is 0 Å². The summed E-state index contributed by atoms with van der Waals surface area (Å²) in [5.41, 5.74) is 1.03. The molecule has 1 heterocycles. The molecule has 2 N–H and O–H groups in total. The minimum absolute atomic E-state index is 0.0111. The Labute approximate surface area is 149 Å². The number of hydrogen-bond donors (Lipinski definition) is 2. The summed E-state index contributed by atoms with van der Waals surface area (Å²) in [6, 6.07) is 5.81. The molecule has 1 aromatic rings. The maximum atomic E-state index is 12.2. The molecule has 138 valence electrons. The summed E-state index contributed by atoms with van der Waals surface area (Å²) >= 11 is 0. The van der Waals surface area contributed by atoms with Gasteiger partial charge >= 0.3 is 0 Å². The number of fused-ring (bicyclic) bond motifs is 1. The fraction of sp³-hybridized carbons (Fsp3) is 0.579. The Morgan fingerprint density at radius 3 is 2.60 bits per heavy atom. The highest BCUT2D eigenvalue weighted by Crippen LogP contribution is 2.33. The van der Waals surface area contributed by atoms with E-state index in [1.54, 1.807) is 0 Å². The molecule has 0 saturated carbocycles. The largest absolute Gasteiger partial charge is 0.486 e. The molecule has 0 bridgehead atoms. The maximum Gasteiger partial charge on any atom is 0.220 e. The Morgan fingerprint density at radius 1 is 1.12 bits per heavy atom. The second-order valence-electron chi connectivity index (χ2n) is 6.23. The molecule has 0 spiro atoms. The Bertz CT molecular complexity index is 589. The van der Waals surface area contributed by atoms with Crippen LogP contribution in [0.2, 0.25) is 0 Å². The van der Waals surface area contributed by atoms with Gasteiger partial charge in [-0.05, 0) is 37.0 Å². The van der Waals surface area contributed by atoms with Crippen LogP contribution in [0.3, 0.4) is 0 Å². The van der Waals surface area contributed by atoms with Crippen LogP contribution in [0, 0.1) is 0 Å². The lowest BCUT2D eigenvalue weighted by Gasteiger charge is -2.22. The molecular weight excluding hydrogens is 320 g/mol. The van der Waals surface area contributed by atoms with Gasteiger partial charge in [0.1, 0.15) is 13.2 Å². The van der Waals surface area contributed by atoms with Crippen LogP contribution < -0.4 is 20.1 Å². The van der Waals surface area contributed by atoms with E-state index >= 15 is 0 Å². The topological polar surface area (TPSA) is 76.7 Å². The fourth-order valence-corrected chi connectivity index (χ4v) is 2.82. The monoisotopic (exact) mass is 348 g/mol. The van der Waals surface area contributed by atoms with Gasteiger partial charge in [-0.1, -0.05) is 19.4 Å². The van der Waals surface area contributed by atoms with Crippen LogP contribution in [0.1, 0.15) is 57.6 Å². The van der Waals surface area contributed by atoms with Gasteiger partial charge in [-0.15, -0.1) is 0 Å². The Hall–Kier alpha value is -2.24. The molecule has 1 aromatic carbocycles. The summed E-state index contributed by atoms with van der Waals surface area (Å²) in [6.07, 6.45) is 3.96. The van der Waals surface area contributed by atoms with Gasteiger partial charge in [0, 0.05) is 19.9 Å². The van der Waals surface area contributed by atoms with E-state index in [-0.39, 0.29) is 17.9 Å². The average molecular weight is 348 g/mol. The minimum atomic E-state index is -0.0253. The van der Waals surface area contributed by atoms with Crippen molar-refractivity contribution in [3.05, 3.63) is 23.8 Å². The molecule has 6 heteroatoms. The highest BCUT2D eigenvalue weighted by Gasteiger charge is 2.17. The van der Waals surface area contributed by atoms with Gasteiger partial charge in [0.25, 0.3) is 0 Å². The summed E-state index contributed by atoms with van der Waals surface area (Å²) in [7, 11) is 0. The SMILES string of the molecule is CCC(NC(=O)CCCCCNC(C)=O)c1ccc2c(c1)OCCO2. The zero-order chi connectivity index (χ0) is 18.1. The predicted octanol–water partition coefficient (Wildman–Crippen LogP) is 2.72. The molecule has 0 aliphatic carbocycles. The average Bonchev–Trinajstić information content (AvgIpc) is 2.62. The molecule has 0 aromatic heterocycles. The van der Waals surface area contributed by atoms with Crippen molar-refractivity contribution in [2.75, 3.05) is 19.8 Å². The van der Waals surface area contributed by atoms with Gasteiger partial charge in [0.05, 0.1) is 6.04 Å². The first-order valence-corrected chi connectivity index (χ1v) is 9.03. The van der Waals surface area contributed by atoms with E-state index in [1.165, 1.54) is 6.92 Å². The first-order chi connectivity index (χ1) is 12.1. The quantitative estimate of drug-likeness (QED) is 0.673. The maximum absolute atomic E-state index is 12.2. The summed E-state index contributed by atoms with van der Waals surface area (Å²) in [6.45, 7) is 5.36. The van der Waals surface area contributed by atoms with Crippen LogP contribution in [0.4, 0.5) is 0 Å². The first kappa shape index (κ1) is 19.1. The lowest BCUT2D eigenvalue weighted by atomic mass is 10.0. The van der Waals surface area contributed by atoms with Crippen molar-refractivity contribution in [2.45, 2.75) is 52.0 Å². The molecule has 1 unspecified atom stereocenters. The van der Waals surface area contributed by atoms with E-state index in [0.29, 0.717) is 26.2 Å². The standard InChI is InChI=1S/C19H28N2O4/c1-3-16(15-8-9-17-18(13-15)25-12-11-24-17)21-19(23)7-5-4-6-10-20-14(2)22/h8-9,13,16H,3-7,10-12H2,1-2H3,(H,20,22)(H,21,23). The van der Waals surface area contributed by atoms with E-state index in [9.17, 15) is 9.59 Å².